The number of aryl methyl sites for hydroxylation is 2. The molecular formula is C23H24O6S2. The van der Waals surface area contributed by atoms with Crippen LogP contribution in [0.1, 0.15) is 33.7 Å². The highest BCUT2D eigenvalue weighted by atomic mass is 32.2. The second kappa shape index (κ2) is 8.92. The van der Waals surface area contributed by atoms with Crippen LogP contribution in [0.15, 0.2) is 76.5 Å². The zero-order valence-corrected chi connectivity index (χ0v) is 18.8. The summed E-state index contributed by atoms with van der Waals surface area (Å²) in [6.07, 6.45) is 0.499. The van der Waals surface area contributed by atoms with Crippen molar-refractivity contribution in [2.24, 2.45) is 0 Å². The van der Waals surface area contributed by atoms with Crippen LogP contribution in [0, 0.1) is 13.8 Å². The van der Waals surface area contributed by atoms with E-state index < -0.39 is 20.2 Å². The topological polar surface area (TPSA) is 109 Å². The number of rotatable bonds is 7. The molecule has 0 atom stereocenters. The van der Waals surface area contributed by atoms with Gasteiger partial charge in [-0.05, 0) is 61.4 Å². The molecule has 0 aromatic heterocycles. The Morgan fingerprint density at radius 3 is 1.48 bits per heavy atom. The first-order valence-electron chi connectivity index (χ1n) is 9.64. The Labute approximate surface area is 183 Å². The lowest BCUT2D eigenvalue weighted by atomic mass is 9.86. The highest BCUT2D eigenvalue weighted by Crippen LogP contribution is 2.31. The minimum atomic E-state index is -4.42. The molecule has 0 radical (unpaired) electrons. The summed E-state index contributed by atoms with van der Waals surface area (Å²) in [5.74, 6) is -0.300. The SMILES string of the molecule is Cc1ccc(S(=O)(=O)O)c(CC(Cc2cc(C)ccc2S(=O)(=O)O)c2ccccc2)c1. The van der Waals surface area contributed by atoms with E-state index in [2.05, 4.69) is 0 Å². The van der Waals surface area contributed by atoms with Crippen molar-refractivity contribution in [3.63, 3.8) is 0 Å². The van der Waals surface area contributed by atoms with Crippen molar-refractivity contribution in [2.45, 2.75) is 42.4 Å². The van der Waals surface area contributed by atoms with Crippen LogP contribution >= 0.6 is 0 Å². The van der Waals surface area contributed by atoms with Gasteiger partial charge in [0.1, 0.15) is 0 Å². The summed E-state index contributed by atoms with van der Waals surface area (Å²) < 4.78 is 67.0. The maximum absolute atomic E-state index is 11.9. The molecule has 164 valence electrons. The first-order valence-corrected chi connectivity index (χ1v) is 12.5. The minimum absolute atomic E-state index is 0.168. The molecule has 0 aliphatic heterocycles. The summed E-state index contributed by atoms with van der Waals surface area (Å²) >= 11 is 0. The zero-order chi connectivity index (χ0) is 22.8. The number of hydrogen-bond acceptors (Lipinski definition) is 4. The van der Waals surface area contributed by atoms with Gasteiger partial charge in [0, 0.05) is 0 Å². The van der Waals surface area contributed by atoms with Crippen LogP contribution in [0.2, 0.25) is 0 Å². The van der Waals surface area contributed by atoms with E-state index in [1.54, 1.807) is 24.3 Å². The summed E-state index contributed by atoms with van der Waals surface area (Å²) in [7, 11) is -8.85. The van der Waals surface area contributed by atoms with E-state index in [-0.39, 0.29) is 28.6 Å². The molecule has 3 rings (SSSR count). The fourth-order valence-corrected chi connectivity index (χ4v) is 5.23. The van der Waals surface area contributed by atoms with E-state index >= 15 is 0 Å². The van der Waals surface area contributed by atoms with E-state index in [0.717, 1.165) is 16.7 Å². The van der Waals surface area contributed by atoms with E-state index in [9.17, 15) is 25.9 Å². The van der Waals surface area contributed by atoms with Crippen molar-refractivity contribution in [3.05, 3.63) is 94.5 Å². The lowest BCUT2D eigenvalue weighted by Gasteiger charge is -2.21. The van der Waals surface area contributed by atoms with Gasteiger partial charge in [0.2, 0.25) is 0 Å². The molecule has 0 aliphatic carbocycles. The van der Waals surface area contributed by atoms with Crippen LogP contribution in [0.25, 0.3) is 0 Å². The minimum Gasteiger partial charge on any atom is -0.282 e. The van der Waals surface area contributed by atoms with Crippen LogP contribution in [-0.4, -0.2) is 25.9 Å². The van der Waals surface area contributed by atoms with E-state index in [0.29, 0.717) is 11.1 Å². The van der Waals surface area contributed by atoms with Gasteiger partial charge >= 0.3 is 0 Å². The van der Waals surface area contributed by atoms with Crippen LogP contribution < -0.4 is 0 Å². The maximum Gasteiger partial charge on any atom is 0.294 e. The van der Waals surface area contributed by atoms with Crippen molar-refractivity contribution < 1.29 is 25.9 Å². The first kappa shape index (κ1) is 23.1. The molecule has 0 spiro atoms. The molecule has 0 saturated carbocycles. The number of hydrogen-bond donors (Lipinski definition) is 2. The molecule has 0 fully saturated rings. The van der Waals surface area contributed by atoms with Gasteiger partial charge in [0.25, 0.3) is 20.2 Å². The van der Waals surface area contributed by atoms with Gasteiger partial charge in [-0.1, -0.05) is 65.7 Å². The highest BCUT2D eigenvalue weighted by Gasteiger charge is 2.23. The Balaban J connectivity index is 2.12. The largest absolute Gasteiger partial charge is 0.294 e. The summed E-state index contributed by atoms with van der Waals surface area (Å²) in [5.41, 5.74) is 3.44. The monoisotopic (exact) mass is 460 g/mol. The molecule has 0 heterocycles. The zero-order valence-electron chi connectivity index (χ0n) is 17.2. The van der Waals surface area contributed by atoms with Gasteiger partial charge < -0.3 is 0 Å². The Bertz CT molecular complexity index is 1210. The number of benzene rings is 3. The van der Waals surface area contributed by atoms with Crippen LogP contribution in [0.4, 0.5) is 0 Å². The quantitative estimate of drug-likeness (QED) is 0.507. The van der Waals surface area contributed by atoms with Gasteiger partial charge in [-0.15, -0.1) is 0 Å². The lowest BCUT2D eigenvalue weighted by molar-refractivity contribution is 0.480. The fourth-order valence-electron chi connectivity index (χ4n) is 3.80. The van der Waals surface area contributed by atoms with Crippen molar-refractivity contribution in [3.8, 4) is 0 Å². The van der Waals surface area contributed by atoms with Crippen molar-refractivity contribution >= 4 is 20.2 Å². The molecule has 3 aromatic carbocycles. The Morgan fingerprint density at radius 1 is 0.677 bits per heavy atom. The molecule has 0 amide bonds. The third-order valence-corrected chi connectivity index (χ3v) is 7.10. The molecule has 8 heteroatoms. The molecule has 3 aromatic rings. The maximum atomic E-state index is 11.9. The van der Waals surface area contributed by atoms with Gasteiger partial charge in [-0.2, -0.15) is 16.8 Å². The molecular weight excluding hydrogens is 436 g/mol. The first-order chi connectivity index (χ1) is 14.4. The van der Waals surface area contributed by atoms with Crippen molar-refractivity contribution in [1.29, 1.82) is 0 Å². The van der Waals surface area contributed by atoms with Gasteiger partial charge in [0.05, 0.1) is 9.79 Å². The normalized spacial score (nSPS) is 12.3. The Hall–Kier alpha value is -2.52. The highest BCUT2D eigenvalue weighted by molar-refractivity contribution is 7.86. The van der Waals surface area contributed by atoms with Gasteiger partial charge in [-0.3, -0.25) is 9.11 Å². The van der Waals surface area contributed by atoms with Crippen LogP contribution in [-0.2, 0) is 33.1 Å². The van der Waals surface area contributed by atoms with E-state index in [1.165, 1.54) is 12.1 Å². The lowest BCUT2D eigenvalue weighted by Crippen LogP contribution is -2.13. The molecule has 6 nitrogen and oxygen atoms in total. The average molecular weight is 461 g/mol. The summed E-state index contributed by atoms with van der Waals surface area (Å²) in [6.45, 7) is 3.65. The third-order valence-electron chi connectivity index (χ3n) is 5.19. The summed E-state index contributed by atoms with van der Waals surface area (Å²) in [6, 6.07) is 18.7. The van der Waals surface area contributed by atoms with Crippen LogP contribution in [0.5, 0.6) is 0 Å². The predicted molar refractivity (Wildman–Crippen MR) is 119 cm³/mol. The summed E-state index contributed by atoms with van der Waals surface area (Å²) in [4.78, 5) is -0.337. The molecule has 2 N–H and O–H groups in total. The van der Waals surface area contributed by atoms with Gasteiger partial charge in [0.15, 0.2) is 0 Å². The Morgan fingerprint density at radius 2 is 1.10 bits per heavy atom. The standard InChI is InChI=1S/C23H24O6S2/c1-16-8-10-22(30(24,25)26)20(12-16)14-19(18-6-4-3-5-7-18)15-21-13-17(2)9-11-23(21)31(27,28)29/h3-13,19H,14-15H2,1-2H3,(H,24,25,26)(H,27,28,29). The average Bonchev–Trinajstić information content (AvgIpc) is 2.66. The molecule has 0 bridgehead atoms. The molecule has 0 unspecified atom stereocenters. The van der Waals surface area contributed by atoms with E-state index in [4.69, 9.17) is 0 Å². The third kappa shape index (κ3) is 5.80. The van der Waals surface area contributed by atoms with Gasteiger partial charge in [-0.25, -0.2) is 0 Å². The molecule has 0 aliphatic rings. The predicted octanol–water partition coefficient (Wildman–Crippen LogP) is 4.37. The van der Waals surface area contributed by atoms with Crippen molar-refractivity contribution in [2.75, 3.05) is 0 Å². The molecule has 31 heavy (non-hydrogen) atoms. The fraction of sp³-hybridized carbons (Fsp3) is 0.217. The smallest absolute Gasteiger partial charge is 0.282 e. The Kier molecular flexibility index (Phi) is 6.66. The second-order valence-corrected chi connectivity index (χ2v) is 10.5. The second-order valence-electron chi connectivity index (χ2n) is 7.69. The van der Waals surface area contributed by atoms with Crippen LogP contribution in [0.3, 0.4) is 0 Å². The summed E-state index contributed by atoms with van der Waals surface area (Å²) in [5, 5.41) is 0. The van der Waals surface area contributed by atoms with Crippen molar-refractivity contribution in [1.82, 2.24) is 0 Å². The van der Waals surface area contributed by atoms with E-state index in [1.807, 2.05) is 44.2 Å². The molecule has 0 saturated heterocycles.